The maximum Gasteiger partial charge on any atom is 0.160 e. The highest BCUT2D eigenvalue weighted by Crippen LogP contribution is 2.55. The van der Waals surface area contributed by atoms with E-state index in [9.17, 15) is 0 Å². The van der Waals surface area contributed by atoms with Gasteiger partial charge in [-0.05, 0) is 87.7 Å². The Morgan fingerprint density at radius 3 is 2.08 bits per heavy atom. The van der Waals surface area contributed by atoms with E-state index in [0.717, 1.165) is 44.3 Å². The molecule has 0 amide bonds. The molecule has 6 aromatic carbocycles. The van der Waals surface area contributed by atoms with Gasteiger partial charge >= 0.3 is 0 Å². The SMILES string of the molecule is C=C(N=C(N=C(C)c1ccc2c(c1)C(C)(C(C)C)c1cccc(-c3ccccc3)c1-2)c1ccc2oc3ccccc3c2c1)c1ccccc1. The number of nitrogens with zero attached hydrogens (tertiary/aromatic N) is 2. The van der Waals surface area contributed by atoms with Gasteiger partial charge in [-0.1, -0.05) is 137 Å². The summed E-state index contributed by atoms with van der Waals surface area (Å²) >= 11 is 0. The molecule has 0 bridgehead atoms. The van der Waals surface area contributed by atoms with E-state index in [1.54, 1.807) is 0 Å². The normalized spacial score (nSPS) is 15.9. The van der Waals surface area contributed by atoms with E-state index >= 15 is 0 Å². The van der Waals surface area contributed by atoms with E-state index in [4.69, 9.17) is 14.4 Å². The van der Waals surface area contributed by atoms with E-state index in [2.05, 4.69) is 113 Å². The Bertz CT molecular complexity index is 2450. The van der Waals surface area contributed by atoms with Gasteiger partial charge in [0.05, 0.1) is 5.70 Å². The number of hydrogen-bond donors (Lipinski definition) is 0. The molecule has 0 saturated carbocycles. The van der Waals surface area contributed by atoms with Crippen molar-refractivity contribution in [1.82, 2.24) is 0 Å². The van der Waals surface area contributed by atoms with Gasteiger partial charge < -0.3 is 4.42 Å². The molecule has 0 saturated heterocycles. The number of para-hydroxylation sites is 1. The van der Waals surface area contributed by atoms with Crippen molar-refractivity contribution in [2.24, 2.45) is 15.9 Å². The van der Waals surface area contributed by atoms with Crippen LogP contribution in [0, 0.1) is 5.92 Å². The summed E-state index contributed by atoms with van der Waals surface area (Å²) in [6.45, 7) is 13.5. The van der Waals surface area contributed by atoms with E-state index < -0.39 is 0 Å². The van der Waals surface area contributed by atoms with Crippen LogP contribution in [0.15, 0.2) is 161 Å². The van der Waals surface area contributed by atoms with Crippen molar-refractivity contribution < 1.29 is 4.42 Å². The third-order valence-corrected chi connectivity index (χ3v) is 10.4. The molecule has 7 aromatic rings. The quantitative estimate of drug-likeness (QED) is 0.132. The van der Waals surface area contributed by atoms with Crippen molar-refractivity contribution in [3.8, 4) is 22.3 Å². The number of furan rings is 1. The minimum atomic E-state index is -0.155. The zero-order valence-corrected chi connectivity index (χ0v) is 28.4. The van der Waals surface area contributed by atoms with E-state index in [-0.39, 0.29) is 5.41 Å². The first-order chi connectivity index (χ1) is 23.8. The van der Waals surface area contributed by atoms with Crippen LogP contribution in [0.1, 0.15) is 55.5 Å². The van der Waals surface area contributed by atoms with Crippen LogP contribution < -0.4 is 0 Å². The molecule has 1 unspecified atom stereocenters. The monoisotopic (exact) mass is 634 g/mol. The van der Waals surface area contributed by atoms with Gasteiger partial charge in [-0.25, -0.2) is 9.98 Å². The second-order valence-electron chi connectivity index (χ2n) is 13.5. The molecule has 0 spiro atoms. The fraction of sp³-hybridized carbons (Fsp3) is 0.130. The lowest BCUT2D eigenvalue weighted by Crippen LogP contribution is -2.27. The van der Waals surface area contributed by atoms with Gasteiger partial charge in [0.25, 0.3) is 0 Å². The fourth-order valence-corrected chi connectivity index (χ4v) is 7.38. The largest absolute Gasteiger partial charge is 0.456 e. The summed E-state index contributed by atoms with van der Waals surface area (Å²) in [7, 11) is 0. The van der Waals surface area contributed by atoms with E-state index in [1.165, 1.54) is 33.4 Å². The van der Waals surface area contributed by atoms with Gasteiger partial charge in [0.2, 0.25) is 0 Å². The summed E-state index contributed by atoms with van der Waals surface area (Å²) in [5.74, 6) is 0.995. The summed E-state index contributed by atoms with van der Waals surface area (Å²) < 4.78 is 6.14. The number of fused-ring (bicyclic) bond motifs is 6. The minimum Gasteiger partial charge on any atom is -0.456 e. The van der Waals surface area contributed by atoms with Gasteiger partial charge in [-0.2, -0.15) is 0 Å². The summed E-state index contributed by atoms with van der Waals surface area (Å²) in [5, 5.41) is 2.11. The van der Waals surface area contributed by atoms with Gasteiger partial charge in [0.15, 0.2) is 5.84 Å². The molecule has 3 nitrogen and oxygen atoms in total. The zero-order chi connectivity index (χ0) is 33.7. The van der Waals surface area contributed by atoms with Crippen molar-refractivity contribution in [2.45, 2.75) is 33.1 Å². The van der Waals surface area contributed by atoms with Gasteiger partial charge in [0, 0.05) is 27.5 Å². The summed E-state index contributed by atoms with van der Waals surface area (Å²) in [6, 6.07) is 48.8. The smallest absolute Gasteiger partial charge is 0.160 e. The van der Waals surface area contributed by atoms with Crippen LogP contribution in [0.3, 0.4) is 0 Å². The molecule has 0 N–H and O–H groups in total. The minimum absolute atomic E-state index is 0.155. The third kappa shape index (κ3) is 5.14. The van der Waals surface area contributed by atoms with Crippen molar-refractivity contribution in [3.05, 3.63) is 174 Å². The number of benzene rings is 6. The lowest BCUT2D eigenvalue weighted by Gasteiger charge is -2.32. The van der Waals surface area contributed by atoms with Gasteiger partial charge in [0.1, 0.15) is 11.2 Å². The number of hydrogen-bond acceptors (Lipinski definition) is 2. The van der Waals surface area contributed by atoms with Gasteiger partial charge in [-0.15, -0.1) is 0 Å². The first kappa shape index (κ1) is 30.5. The fourth-order valence-electron chi connectivity index (χ4n) is 7.38. The Morgan fingerprint density at radius 1 is 0.612 bits per heavy atom. The molecule has 8 rings (SSSR count). The maximum absolute atomic E-state index is 6.14. The van der Waals surface area contributed by atoms with Crippen LogP contribution in [0.25, 0.3) is 49.9 Å². The zero-order valence-electron chi connectivity index (χ0n) is 28.4. The molecule has 238 valence electrons. The molecule has 1 atom stereocenters. The highest BCUT2D eigenvalue weighted by atomic mass is 16.3. The summed E-state index contributed by atoms with van der Waals surface area (Å²) in [4.78, 5) is 10.3. The van der Waals surface area contributed by atoms with Crippen LogP contribution in [0.5, 0.6) is 0 Å². The molecule has 1 aliphatic rings. The van der Waals surface area contributed by atoms with Crippen molar-refractivity contribution in [2.75, 3.05) is 0 Å². The predicted octanol–water partition coefficient (Wildman–Crippen LogP) is 12.1. The summed E-state index contributed by atoms with van der Waals surface area (Å²) in [6.07, 6.45) is 0. The average molecular weight is 635 g/mol. The number of aliphatic imine (C=N–C) groups is 2. The standard InChI is InChI=1S/C46H38N2O/c1-29(2)46(5)40-21-14-20-36(33-17-10-7-11-18-33)44(40)38-25-23-34(28-41(38)46)31(4)48-45(47-30(3)32-15-8-6-9-16-32)35-24-26-43-39(27-35)37-19-12-13-22-42(37)49-43/h6-29H,3H2,1-2,4-5H3. The molecule has 1 heterocycles. The highest BCUT2D eigenvalue weighted by Gasteiger charge is 2.42. The molecule has 1 aromatic heterocycles. The number of amidine groups is 1. The molecule has 0 aliphatic heterocycles. The molecule has 49 heavy (non-hydrogen) atoms. The van der Waals surface area contributed by atoms with Crippen LogP contribution in [0.2, 0.25) is 0 Å². The molecule has 1 aliphatic carbocycles. The Kier molecular flexibility index (Phi) is 7.49. The second kappa shape index (κ2) is 12.0. The first-order valence-electron chi connectivity index (χ1n) is 17.0. The lowest BCUT2D eigenvalue weighted by atomic mass is 9.71. The van der Waals surface area contributed by atoms with Crippen molar-refractivity contribution in [3.63, 3.8) is 0 Å². The molecular formula is C46H38N2O. The van der Waals surface area contributed by atoms with Crippen LogP contribution in [-0.4, -0.2) is 11.5 Å². The lowest BCUT2D eigenvalue weighted by molar-refractivity contribution is 0.414. The molecule has 0 fully saturated rings. The van der Waals surface area contributed by atoms with Crippen LogP contribution in [0.4, 0.5) is 0 Å². The average Bonchev–Trinajstić information content (AvgIpc) is 3.64. The number of rotatable bonds is 6. The Labute approximate surface area is 288 Å². The van der Waals surface area contributed by atoms with Crippen molar-refractivity contribution in [1.29, 1.82) is 0 Å². The Morgan fingerprint density at radius 2 is 1.31 bits per heavy atom. The third-order valence-electron chi connectivity index (χ3n) is 10.4. The molecular weight excluding hydrogens is 597 g/mol. The van der Waals surface area contributed by atoms with Crippen LogP contribution in [-0.2, 0) is 5.41 Å². The van der Waals surface area contributed by atoms with E-state index in [0.29, 0.717) is 17.5 Å². The van der Waals surface area contributed by atoms with Crippen LogP contribution >= 0.6 is 0 Å². The molecule has 0 radical (unpaired) electrons. The Hall–Kier alpha value is -5.80. The molecule has 3 heteroatoms. The van der Waals surface area contributed by atoms with Crippen molar-refractivity contribution >= 4 is 39.2 Å². The highest BCUT2D eigenvalue weighted by molar-refractivity contribution is 6.15. The topological polar surface area (TPSA) is 37.9 Å². The first-order valence-corrected chi connectivity index (χ1v) is 17.0. The Balaban J connectivity index is 1.27. The second-order valence-corrected chi connectivity index (χ2v) is 13.5. The maximum atomic E-state index is 6.14. The predicted molar refractivity (Wildman–Crippen MR) is 207 cm³/mol. The van der Waals surface area contributed by atoms with Gasteiger partial charge in [-0.3, -0.25) is 0 Å². The summed E-state index contributed by atoms with van der Waals surface area (Å²) in [5.41, 5.74) is 13.9. The van der Waals surface area contributed by atoms with E-state index in [1.807, 2.05) is 60.7 Å².